The first-order valence-corrected chi connectivity index (χ1v) is 5.03. The largest absolute Gasteiger partial charge is 0.480 e. The second-order valence-corrected chi connectivity index (χ2v) is 4.28. The highest BCUT2D eigenvalue weighted by atomic mass is 16.4. The van der Waals surface area contributed by atoms with Crippen molar-refractivity contribution in [2.45, 2.75) is 26.7 Å². The quantitative estimate of drug-likeness (QED) is 0.723. The van der Waals surface area contributed by atoms with Gasteiger partial charge < -0.3 is 5.11 Å². The summed E-state index contributed by atoms with van der Waals surface area (Å²) in [6.45, 7) is 6.56. The first-order valence-electron chi connectivity index (χ1n) is 5.03. The Morgan fingerprint density at radius 1 is 1.62 bits per heavy atom. The fourth-order valence-corrected chi connectivity index (χ4v) is 1.97. The molecule has 1 aliphatic heterocycles. The number of aliphatic carboxylic acids is 1. The number of carboxylic acids is 1. The zero-order valence-corrected chi connectivity index (χ0v) is 8.49. The third-order valence-corrected chi connectivity index (χ3v) is 2.84. The highest BCUT2D eigenvalue weighted by Gasteiger charge is 2.23. The summed E-state index contributed by atoms with van der Waals surface area (Å²) in [5.74, 6) is 0.661. The lowest BCUT2D eigenvalue weighted by molar-refractivity contribution is -0.138. The maximum atomic E-state index is 10.5. The van der Waals surface area contributed by atoms with E-state index in [0.29, 0.717) is 11.8 Å². The van der Waals surface area contributed by atoms with Gasteiger partial charge in [0.1, 0.15) is 0 Å². The summed E-state index contributed by atoms with van der Waals surface area (Å²) in [6, 6.07) is 0. The SMILES string of the molecule is CC(C)C1CCCN(CC(=O)O)C1. The summed E-state index contributed by atoms with van der Waals surface area (Å²) < 4.78 is 0. The molecule has 1 aliphatic rings. The van der Waals surface area contributed by atoms with Crippen LogP contribution in [-0.4, -0.2) is 35.6 Å². The maximum absolute atomic E-state index is 10.5. The van der Waals surface area contributed by atoms with Crippen LogP contribution in [0.1, 0.15) is 26.7 Å². The van der Waals surface area contributed by atoms with Gasteiger partial charge in [0.2, 0.25) is 0 Å². The summed E-state index contributed by atoms with van der Waals surface area (Å²) in [4.78, 5) is 12.6. The smallest absolute Gasteiger partial charge is 0.317 e. The van der Waals surface area contributed by atoms with Gasteiger partial charge in [-0.1, -0.05) is 13.8 Å². The molecule has 0 aliphatic carbocycles. The van der Waals surface area contributed by atoms with Gasteiger partial charge in [0.05, 0.1) is 6.54 Å². The molecule has 0 saturated carbocycles. The number of carboxylic acid groups (broad SMARTS) is 1. The van der Waals surface area contributed by atoms with Crippen molar-refractivity contribution >= 4 is 5.97 Å². The second-order valence-electron chi connectivity index (χ2n) is 4.28. The van der Waals surface area contributed by atoms with E-state index in [0.717, 1.165) is 19.5 Å². The molecule has 3 heteroatoms. The van der Waals surface area contributed by atoms with Crippen LogP contribution in [0.15, 0.2) is 0 Å². The Labute approximate surface area is 79.7 Å². The Morgan fingerprint density at radius 2 is 2.31 bits per heavy atom. The molecule has 0 spiro atoms. The summed E-state index contributed by atoms with van der Waals surface area (Å²) in [7, 11) is 0. The van der Waals surface area contributed by atoms with E-state index in [-0.39, 0.29) is 6.54 Å². The Hall–Kier alpha value is -0.570. The highest BCUT2D eigenvalue weighted by molar-refractivity contribution is 5.69. The minimum Gasteiger partial charge on any atom is -0.480 e. The molecule has 1 N–H and O–H groups in total. The molecule has 1 atom stereocenters. The maximum Gasteiger partial charge on any atom is 0.317 e. The van der Waals surface area contributed by atoms with Gasteiger partial charge in [0, 0.05) is 6.54 Å². The molecule has 0 aromatic rings. The van der Waals surface area contributed by atoms with Crippen molar-refractivity contribution in [3.05, 3.63) is 0 Å². The molecule has 76 valence electrons. The van der Waals surface area contributed by atoms with Crippen LogP contribution in [-0.2, 0) is 4.79 Å². The van der Waals surface area contributed by atoms with E-state index in [9.17, 15) is 4.79 Å². The van der Waals surface area contributed by atoms with Gasteiger partial charge in [-0.3, -0.25) is 9.69 Å². The van der Waals surface area contributed by atoms with Crippen molar-refractivity contribution in [1.82, 2.24) is 4.90 Å². The van der Waals surface area contributed by atoms with Gasteiger partial charge in [0.15, 0.2) is 0 Å². The lowest BCUT2D eigenvalue weighted by Gasteiger charge is -2.33. The van der Waals surface area contributed by atoms with Gasteiger partial charge in [0.25, 0.3) is 0 Å². The van der Waals surface area contributed by atoms with E-state index in [1.807, 2.05) is 0 Å². The van der Waals surface area contributed by atoms with Crippen molar-refractivity contribution in [2.75, 3.05) is 19.6 Å². The van der Waals surface area contributed by atoms with Gasteiger partial charge >= 0.3 is 5.97 Å². The predicted molar refractivity (Wildman–Crippen MR) is 51.6 cm³/mol. The molecular weight excluding hydrogens is 166 g/mol. The molecule has 0 aromatic carbocycles. The Bertz CT molecular complexity index is 180. The molecular formula is C10H19NO2. The van der Waals surface area contributed by atoms with Crippen LogP contribution < -0.4 is 0 Å². The number of nitrogens with zero attached hydrogens (tertiary/aromatic N) is 1. The molecule has 1 unspecified atom stereocenters. The summed E-state index contributed by atoms with van der Waals surface area (Å²) in [5, 5.41) is 8.65. The van der Waals surface area contributed by atoms with E-state index < -0.39 is 5.97 Å². The van der Waals surface area contributed by atoms with Crippen LogP contribution in [0.4, 0.5) is 0 Å². The fourth-order valence-electron chi connectivity index (χ4n) is 1.97. The molecule has 0 radical (unpaired) electrons. The molecule has 1 heterocycles. The van der Waals surface area contributed by atoms with Crippen LogP contribution in [0, 0.1) is 11.8 Å². The van der Waals surface area contributed by atoms with Gasteiger partial charge in [-0.05, 0) is 31.2 Å². The number of piperidine rings is 1. The van der Waals surface area contributed by atoms with Crippen LogP contribution >= 0.6 is 0 Å². The van der Waals surface area contributed by atoms with Gasteiger partial charge in [-0.15, -0.1) is 0 Å². The Balaban J connectivity index is 2.37. The lowest BCUT2D eigenvalue weighted by Crippen LogP contribution is -2.40. The van der Waals surface area contributed by atoms with Gasteiger partial charge in [-0.2, -0.15) is 0 Å². The third kappa shape index (κ3) is 3.35. The zero-order chi connectivity index (χ0) is 9.84. The van der Waals surface area contributed by atoms with E-state index in [1.54, 1.807) is 0 Å². The average Bonchev–Trinajstić information content (AvgIpc) is 2.03. The predicted octanol–water partition coefficient (Wildman–Crippen LogP) is 1.44. The van der Waals surface area contributed by atoms with Crippen molar-refractivity contribution in [3.8, 4) is 0 Å². The molecule has 0 amide bonds. The number of rotatable bonds is 3. The van der Waals surface area contributed by atoms with Crippen LogP contribution in [0.25, 0.3) is 0 Å². The topological polar surface area (TPSA) is 40.5 Å². The number of likely N-dealkylation sites (tertiary alicyclic amines) is 1. The average molecular weight is 185 g/mol. The first-order chi connectivity index (χ1) is 6.09. The monoisotopic (exact) mass is 185 g/mol. The second kappa shape index (κ2) is 4.61. The zero-order valence-electron chi connectivity index (χ0n) is 8.49. The minimum absolute atomic E-state index is 0.212. The minimum atomic E-state index is -0.704. The molecule has 1 fully saturated rings. The van der Waals surface area contributed by atoms with E-state index in [4.69, 9.17) is 5.11 Å². The fraction of sp³-hybridized carbons (Fsp3) is 0.900. The molecule has 0 bridgehead atoms. The third-order valence-electron chi connectivity index (χ3n) is 2.84. The normalized spacial score (nSPS) is 25.0. The standard InChI is InChI=1S/C10H19NO2/c1-8(2)9-4-3-5-11(6-9)7-10(12)13/h8-9H,3-7H2,1-2H3,(H,12,13). The molecule has 13 heavy (non-hydrogen) atoms. The summed E-state index contributed by atoms with van der Waals surface area (Å²) >= 11 is 0. The molecule has 1 rings (SSSR count). The van der Waals surface area contributed by atoms with Crippen molar-refractivity contribution in [1.29, 1.82) is 0 Å². The molecule has 1 saturated heterocycles. The van der Waals surface area contributed by atoms with Gasteiger partial charge in [-0.25, -0.2) is 0 Å². The highest BCUT2D eigenvalue weighted by Crippen LogP contribution is 2.22. The number of hydrogen-bond acceptors (Lipinski definition) is 2. The van der Waals surface area contributed by atoms with E-state index in [2.05, 4.69) is 18.7 Å². The summed E-state index contributed by atoms with van der Waals surface area (Å²) in [6.07, 6.45) is 2.41. The van der Waals surface area contributed by atoms with Crippen molar-refractivity contribution in [3.63, 3.8) is 0 Å². The number of hydrogen-bond donors (Lipinski definition) is 1. The molecule has 3 nitrogen and oxygen atoms in total. The van der Waals surface area contributed by atoms with Crippen LogP contribution in [0.5, 0.6) is 0 Å². The van der Waals surface area contributed by atoms with Crippen molar-refractivity contribution < 1.29 is 9.90 Å². The lowest BCUT2D eigenvalue weighted by atomic mass is 9.88. The Kier molecular flexibility index (Phi) is 3.72. The van der Waals surface area contributed by atoms with E-state index >= 15 is 0 Å². The molecule has 0 aromatic heterocycles. The van der Waals surface area contributed by atoms with E-state index in [1.165, 1.54) is 6.42 Å². The van der Waals surface area contributed by atoms with Crippen molar-refractivity contribution in [2.24, 2.45) is 11.8 Å². The Morgan fingerprint density at radius 3 is 2.85 bits per heavy atom. The summed E-state index contributed by atoms with van der Waals surface area (Å²) in [5.41, 5.74) is 0. The van der Waals surface area contributed by atoms with Crippen LogP contribution in [0.3, 0.4) is 0 Å². The number of carbonyl (C=O) groups is 1. The van der Waals surface area contributed by atoms with Crippen LogP contribution in [0.2, 0.25) is 0 Å². The first kappa shape index (κ1) is 10.5.